The van der Waals surface area contributed by atoms with Crippen LogP contribution in [0.2, 0.25) is 0 Å². The van der Waals surface area contributed by atoms with E-state index < -0.39 is 6.10 Å². The van der Waals surface area contributed by atoms with Crippen LogP contribution in [0.3, 0.4) is 0 Å². The Bertz CT molecular complexity index is 484. The van der Waals surface area contributed by atoms with Crippen LogP contribution >= 0.6 is 49.9 Å². The van der Waals surface area contributed by atoms with E-state index in [1.165, 1.54) is 5.56 Å². The van der Waals surface area contributed by atoms with Crippen LogP contribution in [0, 0.1) is 3.57 Å². The zero-order valence-corrected chi connectivity index (χ0v) is 13.6. The molecule has 4 heteroatoms. The van der Waals surface area contributed by atoms with Crippen LogP contribution in [0.15, 0.2) is 39.5 Å². The number of benzene rings is 1. The molecule has 0 aliphatic heterocycles. The lowest BCUT2D eigenvalue weighted by molar-refractivity contribution is 0.167. The molecule has 1 heterocycles. The molecule has 1 aromatic carbocycles. The van der Waals surface area contributed by atoms with Crippen molar-refractivity contribution >= 4 is 49.9 Å². The predicted molar refractivity (Wildman–Crippen MR) is 84.5 cm³/mol. The van der Waals surface area contributed by atoms with E-state index in [1.807, 2.05) is 18.2 Å². The van der Waals surface area contributed by atoms with Crippen LogP contribution in [-0.2, 0) is 6.42 Å². The monoisotopic (exact) mass is 422 g/mol. The molecule has 0 fully saturated rings. The lowest BCUT2D eigenvalue weighted by Crippen LogP contribution is -2.00. The molecular formula is C13H12BrIOS. The van der Waals surface area contributed by atoms with Gasteiger partial charge in [-0.2, -0.15) is 11.3 Å². The summed E-state index contributed by atoms with van der Waals surface area (Å²) in [6.07, 6.45) is 1.27. The smallest absolute Gasteiger partial charge is 0.0804 e. The third-order valence-corrected chi connectivity index (χ3v) is 4.73. The zero-order chi connectivity index (χ0) is 12.3. The molecule has 0 saturated carbocycles. The minimum Gasteiger partial charge on any atom is -0.388 e. The lowest BCUT2D eigenvalue weighted by Gasteiger charge is -2.12. The van der Waals surface area contributed by atoms with Gasteiger partial charge in [0.05, 0.1) is 6.10 Å². The van der Waals surface area contributed by atoms with Crippen molar-refractivity contribution in [2.45, 2.75) is 18.9 Å². The molecule has 2 rings (SSSR count). The first-order valence-corrected chi connectivity index (χ1v) is 8.12. The Balaban J connectivity index is 2.04. The van der Waals surface area contributed by atoms with Crippen LogP contribution in [0.5, 0.6) is 0 Å². The molecule has 1 nitrogen and oxygen atoms in total. The van der Waals surface area contributed by atoms with E-state index in [0.717, 1.165) is 26.4 Å². The molecule has 1 aromatic heterocycles. The average molecular weight is 423 g/mol. The Labute approximate surface area is 127 Å². The Hall–Kier alpha value is 0.0900. The molecule has 17 heavy (non-hydrogen) atoms. The number of aliphatic hydroxyl groups excluding tert-OH is 1. The maximum atomic E-state index is 10.2. The van der Waals surface area contributed by atoms with Gasteiger partial charge < -0.3 is 5.11 Å². The largest absolute Gasteiger partial charge is 0.388 e. The Kier molecular flexibility index (Phi) is 5.02. The van der Waals surface area contributed by atoms with E-state index in [4.69, 9.17) is 0 Å². The fourth-order valence-electron chi connectivity index (χ4n) is 1.66. The summed E-state index contributed by atoms with van der Waals surface area (Å²) in [7, 11) is 0. The van der Waals surface area contributed by atoms with Crippen molar-refractivity contribution in [2.75, 3.05) is 0 Å². The van der Waals surface area contributed by atoms with E-state index in [9.17, 15) is 5.11 Å². The van der Waals surface area contributed by atoms with Crippen LogP contribution in [0.25, 0.3) is 0 Å². The highest BCUT2D eigenvalue weighted by Crippen LogP contribution is 2.28. The summed E-state index contributed by atoms with van der Waals surface area (Å²) in [4.78, 5) is 0. The van der Waals surface area contributed by atoms with Gasteiger partial charge in [-0.3, -0.25) is 0 Å². The number of thiophene rings is 1. The molecule has 1 N–H and O–H groups in total. The van der Waals surface area contributed by atoms with Gasteiger partial charge in [0.2, 0.25) is 0 Å². The average Bonchev–Trinajstić information content (AvgIpc) is 2.82. The number of hydrogen-bond acceptors (Lipinski definition) is 2. The Morgan fingerprint density at radius 3 is 2.88 bits per heavy atom. The van der Waals surface area contributed by atoms with Gasteiger partial charge in [-0.1, -0.05) is 15.9 Å². The van der Waals surface area contributed by atoms with E-state index in [-0.39, 0.29) is 0 Å². The second kappa shape index (κ2) is 6.31. The first-order chi connectivity index (χ1) is 8.16. The summed E-state index contributed by atoms with van der Waals surface area (Å²) in [5, 5.41) is 14.4. The molecule has 1 atom stereocenters. The standard InChI is InChI=1S/C13H12BrIOS/c14-12-3-2-10(15)7-11(12)13(16)4-1-9-5-6-17-8-9/h2-3,5-8,13,16H,1,4H2. The Morgan fingerprint density at radius 2 is 2.18 bits per heavy atom. The molecule has 0 radical (unpaired) electrons. The number of hydrogen-bond donors (Lipinski definition) is 1. The van der Waals surface area contributed by atoms with Crippen LogP contribution in [0.1, 0.15) is 23.7 Å². The van der Waals surface area contributed by atoms with Gasteiger partial charge >= 0.3 is 0 Å². The van der Waals surface area contributed by atoms with Crippen LogP contribution in [0.4, 0.5) is 0 Å². The Morgan fingerprint density at radius 1 is 1.35 bits per heavy atom. The summed E-state index contributed by atoms with van der Waals surface area (Å²) in [5.41, 5.74) is 2.28. The van der Waals surface area contributed by atoms with Crippen LogP contribution < -0.4 is 0 Å². The lowest BCUT2D eigenvalue weighted by atomic mass is 10.0. The highest BCUT2D eigenvalue weighted by molar-refractivity contribution is 14.1. The van der Waals surface area contributed by atoms with Crippen LogP contribution in [-0.4, -0.2) is 5.11 Å². The quantitative estimate of drug-likeness (QED) is 0.703. The zero-order valence-electron chi connectivity index (χ0n) is 9.07. The maximum Gasteiger partial charge on any atom is 0.0804 e. The van der Waals surface area contributed by atoms with Gasteiger partial charge in [-0.05, 0) is 81.6 Å². The summed E-state index contributed by atoms with van der Waals surface area (Å²) >= 11 is 7.45. The molecule has 0 amide bonds. The van der Waals surface area contributed by atoms with Crippen molar-refractivity contribution in [3.8, 4) is 0 Å². The van der Waals surface area contributed by atoms with Crippen molar-refractivity contribution in [3.63, 3.8) is 0 Å². The van der Waals surface area contributed by atoms with Crippen molar-refractivity contribution in [2.24, 2.45) is 0 Å². The molecule has 90 valence electrons. The molecule has 1 unspecified atom stereocenters. The molecule has 0 aliphatic rings. The second-order valence-electron chi connectivity index (χ2n) is 3.85. The molecule has 0 spiro atoms. The van der Waals surface area contributed by atoms with Gasteiger partial charge in [0, 0.05) is 8.04 Å². The minimum absolute atomic E-state index is 0.404. The third kappa shape index (κ3) is 3.77. The second-order valence-corrected chi connectivity index (χ2v) is 6.73. The highest BCUT2D eigenvalue weighted by atomic mass is 127. The summed E-state index contributed by atoms with van der Waals surface area (Å²) in [6, 6.07) is 8.16. The van der Waals surface area contributed by atoms with Crippen molar-refractivity contribution in [1.82, 2.24) is 0 Å². The molecule has 0 bridgehead atoms. The van der Waals surface area contributed by atoms with Gasteiger partial charge in [-0.15, -0.1) is 0 Å². The van der Waals surface area contributed by atoms with E-state index >= 15 is 0 Å². The van der Waals surface area contributed by atoms with Gasteiger partial charge in [0.1, 0.15) is 0 Å². The predicted octanol–water partition coefficient (Wildman–Crippen LogP) is 4.78. The fraction of sp³-hybridized carbons (Fsp3) is 0.231. The topological polar surface area (TPSA) is 20.2 Å². The summed E-state index contributed by atoms with van der Waals surface area (Å²) < 4.78 is 2.13. The fourth-order valence-corrected chi connectivity index (χ4v) is 3.39. The maximum absolute atomic E-state index is 10.2. The van der Waals surface area contributed by atoms with Crippen molar-refractivity contribution in [1.29, 1.82) is 0 Å². The SMILES string of the molecule is OC(CCc1ccsc1)c1cc(I)ccc1Br. The van der Waals surface area contributed by atoms with Crippen molar-refractivity contribution < 1.29 is 5.11 Å². The van der Waals surface area contributed by atoms with Crippen molar-refractivity contribution in [3.05, 3.63) is 54.2 Å². The molecular weight excluding hydrogens is 411 g/mol. The highest BCUT2D eigenvalue weighted by Gasteiger charge is 2.11. The van der Waals surface area contributed by atoms with Gasteiger partial charge in [0.15, 0.2) is 0 Å². The molecule has 0 aliphatic carbocycles. The third-order valence-electron chi connectivity index (χ3n) is 2.60. The van der Waals surface area contributed by atoms with E-state index in [2.05, 4.69) is 55.3 Å². The minimum atomic E-state index is -0.404. The summed E-state index contributed by atoms with van der Waals surface area (Å²) in [5.74, 6) is 0. The number of aliphatic hydroxyl groups is 1. The van der Waals surface area contributed by atoms with Gasteiger partial charge in [-0.25, -0.2) is 0 Å². The number of aryl methyl sites for hydroxylation is 1. The summed E-state index contributed by atoms with van der Waals surface area (Å²) in [6.45, 7) is 0. The van der Waals surface area contributed by atoms with Gasteiger partial charge in [0.25, 0.3) is 0 Å². The number of halogens is 2. The van der Waals surface area contributed by atoms with E-state index in [1.54, 1.807) is 11.3 Å². The normalized spacial score (nSPS) is 12.6. The van der Waals surface area contributed by atoms with E-state index in [0.29, 0.717) is 0 Å². The number of rotatable bonds is 4. The first kappa shape index (κ1) is 13.5. The molecule has 0 saturated heterocycles. The molecule has 2 aromatic rings. The first-order valence-electron chi connectivity index (χ1n) is 5.31.